The van der Waals surface area contributed by atoms with Crippen LogP contribution in [0.1, 0.15) is 54.4 Å². The Hall–Kier alpha value is -0.620. The molecular formula is C13H27NO4S. The lowest BCUT2D eigenvalue weighted by Crippen LogP contribution is -2.48. The Balaban J connectivity index is 4.98. The van der Waals surface area contributed by atoms with Gasteiger partial charge in [-0.05, 0) is 33.1 Å². The molecule has 1 N–H and O–H groups in total. The van der Waals surface area contributed by atoms with E-state index in [2.05, 4.69) is 4.72 Å². The van der Waals surface area contributed by atoms with Gasteiger partial charge in [-0.15, -0.1) is 0 Å². The molecule has 0 amide bonds. The maximum Gasteiger partial charge on any atom is 0.324 e. The van der Waals surface area contributed by atoms with E-state index in [1.807, 2.05) is 13.8 Å². The van der Waals surface area contributed by atoms with E-state index in [1.54, 1.807) is 27.7 Å². The van der Waals surface area contributed by atoms with Crippen molar-refractivity contribution in [3.8, 4) is 0 Å². The molecule has 0 saturated carbocycles. The van der Waals surface area contributed by atoms with Crippen LogP contribution in [0, 0.1) is 5.92 Å². The summed E-state index contributed by atoms with van der Waals surface area (Å²) in [5.41, 5.74) is -0.626. The van der Waals surface area contributed by atoms with Gasteiger partial charge < -0.3 is 4.74 Å². The molecule has 0 radical (unpaired) electrons. The van der Waals surface area contributed by atoms with Crippen molar-refractivity contribution in [2.24, 2.45) is 5.92 Å². The van der Waals surface area contributed by atoms with Crippen LogP contribution >= 0.6 is 0 Å². The standard InChI is InChI=1S/C13H27NO4S/c1-7-9-19(16,17)14-11(10(3)8-2)12(15)18-13(4,5)6/h10-11,14H,7-9H2,1-6H3/t10-,11-/m0/s1. The molecule has 2 atom stereocenters. The van der Waals surface area contributed by atoms with Crippen molar-refractivity contribution in [2.75, 3.05) is 5.75 Å². The molecular weight excluding hydrogens is 266 g/mol. The summed E-state index contributed by atoms with van der Waals surface area (Å²) in [6.45, 7) is 10.8. The van der Waals surface area contributed by atoms with Crippen LogP contribution in [-0.4, -0.2) is 31.8 Å². The summed E-state index contributed by atoms with van der Waals surface area (Å²) in [6, 6.07) is -0.819. The largest absolute Gasteiger partial charge is 0.459 e. The highest BCUT2D eigenvalue weighted by Crippen LogP contribution is 2.15. The van der Waals surface area contributed by atoms with E-state index in [-0.39, 0.29) is 11.7 Å². The summed E-state index contributed by atoms with van der Waals surface area (Å²) in [6.07, 6.45) is 1.20. The SMILES string of the molecule is CCCS(=O)(=O)N[C@H](C(=O)OC(C)(C)C)[C@@H](C)CC. The molecule has 0 aromatic rings. The minimum atomic E-state index is -3.44. The Bertz CT molecular complexity index is 384. The summed E-state index contributed by atoms with van der Waals surface area (Å²) in [5, 5.41) is 0. The van der Waals surface area contributed by atoms with Gasteiger partial charge in [0.15, 0.2) is 0 Å². The number of hydrogen-bond acceptors (Lipinski definition) is 4. The Morgan fingerprint density at radius 1 is 1.26 bits per heavy atom. The fourth-order valence-corrected chi connectivity index (χ4v) is 2.89. The van der Waals surface area contributed by atoms with E-state index in [4.69, 9.17) is 4.74 Å². The average molecular weight is 293 g/mol. The Labute approximate surface area is 117 Å². The molecule has 0 aliphatic carbocycles. The van der Waals surface area contributed by atoms with Gasteiger partial charge in [0.05, 0.1) is 5.75 Å². The maximum absolute atomic E-state index is 12.1. The number of carbonyl (C=O) groups excluding carboxylic acids is 1. The topological polar surface area (TPSA) is 72.5 Å². The van der Waals surface area contributed by atoms with Crippen LogP contribution < -0.4 is 4.72 Å². The monoisotopic (exact) mass is 293 g/mol. The lowest BCUT2D eigenvalue weighted by molar-refractivity contribution is -0.158. The number of ether oxygens (including phenoxy) is 1. The fourth-order valence-electron chi connectivity index (χ4n) is 1.52. The van der Waals surface area contributed by atoms with Crippen molar-refractivity contribution in [3.63, 3.8) is 0 Å². The van der Waals surface area contributed by atoms with Crippen LogP contribution in [-0.2, 0) is 19.6 Å². The second kappa shape index (κ2) is 7.24. The normalized spacial score (nSPS) is 15.9. The Morgan fingerprint density at radius 2 is 1.79 bits per heavy atom. The smallest absolute Gasteiger partial charge is 0.324 e. The summed E-state index contributed by atoms with van der Waals surface area (Å²) in [5.74, 6) is -0.606. The summed E-state index contributed by atoms with van der Waals surface area (Å²) in [7, 11) is -3.44. The molecule has 0 spiro atoms. The highest BCUT2D eigenvalue weighted by atomic mass is 32.2. The first-order valence-corrected chi connectivity index (χ1v) is 8.40. The van der Waals surface area contributed by atoms with Crippen molar-refractivity contribution in [2.45, 2.75) is 66.0 Å². The van der Waals surface area contributed by atoms with Gasteiger partial charge in [-0.25, -0.2) is 13.1 Å². The highest BCUT2D eigenvalue weighted by Gasteiger charge is 2.32. The van der Waals surface area contributed by atoms with Crippen LogP contribution in [0.15, 0.2) is 0 Å². The Morgan fingerprint density at radius 3 is 2.16 bits per heavy atom. The number of sulfonamides is 1. The quantitative estimate of drug-likeness (QED) is 0.729. The third-order valence-electron chi connectivity index (χ3n) is 2.65. The van der Waals surface area contributed by atoms with E-state index in [0.717, 1.165) is 0 Å². The van der Waals surface area contributed by atoms with Crippen molar-refractivity contribution < 1.29 is 17.9 Å². The van der Waals surface area contributed by atoms with Gasteiger partial charge in [0, 0.05) is 0 Å². The predicted molar refractivity (Wildman–Crippen MR) is 76.3 cm³/mol. The van der Waals surface area contributed by atoms with E-state index >= 15 is 0 Å². The molecule has 5 nitrogen and oxygen atoms in total. The van der Waals surface area contributed by atoms with E-state index < -0.39 is 27.6 Å². The number of esters is 1. The lowest BCUT2D eigenvalue weighted by atomic mass is 10.00. The molecule has 19 heavy (non-hydrogen) atoms. The summed E-state index contributed by atoms with van der Waals surface area (Å²) < 4.78 is 31.4. The van der Waals surface area contributed by atoms with Gasteiger partial charge in [-0.1, -0.05) is 27.2 Å². The third-order valence-corrected chi connectivity index (χ3v) is 4.21. The molecule has 0 unspecified atom stereocenters. The van der Waals surface area contributed by atoms with Crippen LogP contribution in [0.3, 0.4) is 0 Å². The zero-order valence-electron chi connectivity index (χ0n) is 12.8. The van der Waals surface area contributed by atoms with Crippen molar-refractivity contribution in [1.82, 2.24) is 4.72 Å². The maximum atomic E-state index is 12.1. The molecule has 0 aliphatic rings. The first-order chi connectivity index (χ1) is 8.52. The molecule has 114 valence electrons. The number of nitrogens with one attached hydrogen (secondary N) is 1. The van der Waals surface area contributed by atoms with E-state index in [0.29, 0.717) is 12.8 Å². The van der Waals surface area contributed by atoms with Crippen LogP contribution in [0.2, 0.25) is 0 Å². The molecule has 0 aliphatic heterocycles. The first-order valence-electron chi connectivity index (χ1n) is 6.75. The van der Waals surface area contributed by atoms with Gasteiger partial charge >= 0.3 is 5.97 Å². The van der Waals surface area contributed by atoms with Crippen LogP contribution in [0.5, 0.6) is 0 Å². The van der Waals surface area contributed by atoms with E-state index in [1.165, 1.54) is 0 Å². The van der Waals surface area contributed by atoms with Gasteiger partial charge in [0.25, 0.3) is 0 Å². The summed E-state index contributed by atoms with van der Waals surface area (Å²) >= 11 is 0. The number of rotatable bonds is 7. The minimum absolute atomic E-state index is 0.0166. The third kappa shape index (κ3) is 7.52. The second-order valence-electron chi connectivity index (χ2n) is 5.83. The molecule has 0 bridgehead atoms. The summed E-state index contributed by atoms with van der Waals surface area (Å²) in [4.78, 5) is 12.1. The second-order valence-corrected chi connectivity index (χ2v) is 7.71. The van der Waals surface area contributed by atoms with Crippen LogP contribution in [0.25, 0.3) is 0 Å². The van der Waals surface area contributed by atoms with Crippen molar-refractivity contribution in [1.29, 1.82) is 0 Å². The lowest BCUT2D eigenvalue weighted by Gasteiger charge is -2.27. The minimum Gasteiger partial charge on any atom is -0.459 e. The van der Waals surface area contributed by atoms with Crippen molar-refractivity contribution in [3.05, 3.63) is 0 Å². The highest BCUT2D eigenvalue weighted by molar-refractivity contribution is 7.89. The van der Waals surface area contributed by atoms with Gasteiger partial charge in [-0.2, -0.15) is 0 Å². The molecule has 0 rings (SSSR count). The Kier molecular flexibility index (Phi) is 7.00. The molecule has 0 fully saturated rings. The van der Waals surface area contributed by atoms with Gasteiger partial charge in [-0.3, -0.25) is 4.79 Å². The molecule has 0 aromatic heterocycles. The zero-order chi connectivity index (χ0) is 15.3. The number of carbonyl (C=O) groups is 1. The van der Waals surface area contributed by atoms with Crippen LogP contribution in [0.4, 0.5) is 0 Å². The van der Waals surface area contributed by atoms with Gasteiger partial charge in [0.2, 0.25) is 10.0 Å². The van der Waals surface area contributed by atoms with E-state index in [9.17, 15) is 13.2 Å². The zero-order valence-corrected chi connectivity index (χ0v) is 13.6. The van der Waals surface area contributed by atoms with Crippen molar-refractivity contribution >= 4 is 16.0 Å². The average Bonchev–Trinajstić information content (AvgIpc) is 2.22. The molecule has 6 heteroatoms. The van der Waals surface area contributed by atoms with Gasteiger partial charge in [0.1, 0.15) is 11.6 Å². The first kappa shape index (κ1) is 18.4. The molecule has 0 heterocycles. The molecule has 0 aromatic carbocycles. The fraction of sp³-hybridized carbons (Fsp3) is 0.923. The molecule has 0 saturated heterocycles. The predicted octanol–water partition coefficient (Wildman–Crippen LogP) is 2.07. The number of hydrogen-bond donors (Lipinski definition) is 1.